The van der Waals surface area contributed by atoms with E-state index in [1.807, 2.05) is 55.1 Å². The van der Waals surface area contributed by atoms with Gasteiger partial charge in [0.05, 0.1) is 17.6 Å². The number of nitrogens with two attached hydrogens (primary N) is 1. The summed E-state index contributed by atoms with van der Waals surface area (Å²) in [6.07, 6.45) is 2.92. The molecule has 1 atom stereocenters. The Morgan fingerprint density at radius 2 is 1.72 bits per heavy atom. The van der Waals surface area contributed by atoms with Crippen LogP contribution >= 0.6 is 0 Å². The third-order valence-electron chi connectivity index (χ3n) is 7.97. The molecule has 0 radical (unpaired) electrons. The van der Waals surface area contributed by atoms with E-state index in [0.29, 0.717) is 30.0 Å². The average Bonchev–Trinajstić information content (AvgIpc) is 2.93. The van der Waals surface area contributed by atoms with Gasteiger partial charge in [-0.2, -0.15) is 5.26 Å². The Labute approximate surface area is 231 Å². The van der Waals surface area contributed by atoms with Crippen LogP contribution in [0.4, 0.5) is 5.69 Å². The highest BCUT2D eigenvalue weighted by Crippen LogP contribution is 2.47. The van der Waals surface area contributed by atoms with Crippen LogP contribution in [0.2, 0.25) is 0 Å². The first-order valence-corrected chi connectivity index (χ1v) is 13.7. The van der Waals surface area contributed by atoms with E-state index in [4.69, 9.17) is 10.5 Å². The fraction of sp³-hybridized carbons (Fsp3) is 0.294. The van der Waals surface area contributed by atoms with Gasteiger partial charge in [-0.25, -0.2) is 0 Å². The number of nitriles is 1. The topological polar surface area (TPSA) is 79.3 Å². The van der Waals surface area contributed by atoms with E-state index >= 15 is 0 Å². The molecule has 2 aliphatic rings. The number of ether oxygens (including phenoxy) is 1. The van der Waals surface area contributed by atoms with Crippen molar-refractivity contribution in [3.05, 3.63) is 117 Å². The van der Waals surface area contributed by atoms with Gasteiger partial charge in [-0.05, 0) is 92.1 Å². The van der Waals surface area contributed by atoms with Gasteiger partial charge in [-0.3, -0.25) is 9.69 Å². The molecule has 1 unspecified atom stereocenters. The molecule has 1 aliphatic heterocycles. The van der Waals surface area contributed by atoms with E-state index in [-0.39, 0.29) is 5.78 Å². The smallest absolute Gasteiger partial charge is 0.161 e. The summed E-state index contributed by atoms with van der Waals surface area (Å²) in [7, 11) is 0. The molecule has 0 aromatic heterocycles. The van der Waals surface area contributed by atoms with Crippen LogP contribution in [-0.2, 0) is 17.8 Å². The van der Waals surface area contributed by atoms with Crippen molar-refractivity contribution in [2.75, 3.05) is 4.90 Å². The first-order valence-electron chi connectivity index (χ1n) is 13.7. The van der Waals surface area contributed by atoms with E-state index in [1.54, 1.807) is 0 Å². The fourth-order valence-electron chi connectivity index (χ4n) is 5.75. The van der Waals surface area contributed by atoms with Crippen LogP contribution in [0.1, 0.15) is 65.5 Å². The lowest BCUT2D eigenvalue weighted by atomic mass is 9.74. The monoisotopic (exact) mass is 517 g/mol. The number of carbonyl (C=O) groups excluding carboxylic acids is 1. The van der Waals surface area contributed by atoms with Gasteiger partial charge in [0.2, 0.25) is 0 Å². The van der Waals surface area contributed by atoms with Crippen LogP contribution in [0.5, 0.6) is 5.75 Å². The zero-order valence-corrected chi connectivity index (χ0v) is 23.2. The molecule has 198 valence electrons. The molecule has 0 bridgehead atoms. The first kappa shape index (κ1) is 26.3. The second-order valence-corrected chi connectivity index (χ2v) is 10.6. The summed E-state index contributed by atoms with van der Waals surface area (Å²) in [5, 5.41) is 10.4. The van der Waals surface area contributed by atoms with Crippen LogP contribution < -0.4 is 15.4 Å². The number of aryl methyl sites for hydroxylation is 4. The summed E-state index contributed by atoms with van der Waals surface area (Å²) in [5.41, 5.74) is 16.2. The highest BCUT2D eigenvalue weighted by molar-refractivity contribution is 6.01. The third kappa shape index (κ3) is 4.95. The molecule has 1 heterocycles. The van der Waals surface area contributed by atoms with Crippen molar-refractivity contribution < 1.29 is 9.53 Å². The number of hydrogen-bond donors (Lipinski definition) is 1. The normalized spacial score (nSPS) is 17.3. The van der Waals surface area contributed by atoms with Gasteiger partial charge < -0.3 is 10.5 Å². The predicted molar refractivity (Wildman–Crippen MR) is 155 cm³/mol. The highest BCUT2D eigenvalue weighted by Gasteiger charge is 2.41. The molecule has 3 aromatic rings. The van der Waals surface area contributed by atoms with Gasteiger partial charge in [-0.1, -0.05) is 48.9 Å². The largest absolute Gasteiger partial charge is 0.489 e. The zero-order chi connectivity index (χ0) is 27.7. The molecule has 0 spiro atoms. The molecule has 1 aliphatic carbocycles. The van der Waals surface area contributed by atoms with Gasteiger partial charge >= 0.3 is 0 Å². The second-order valence-electron chi connectivity index (χ2n) is 10.6. The molecule has 0 fully saturated rings. The summed E-state index contributed by atoms with van der Waals surface area (Å²) in [5.74, 6) is 0.799. The summed E-state index contributed by atoms with van der Waals surface area (Å²) < 4.78 is 6.12. The van der Waals surface area contributed by atoms with E-state index < -0.39 is 5.92 Å². The predicted octanol–water partition coefficient (Wildman–Crippen LogP) is 7.06. The Bertz CT molecular complexity index is 1520. The lowest BCUT2D eigenvalue weighted by Gasteiger charge is -2.40. The summed E-state index contributed by atoms with van der Waals surface area (Å²) in [6, 6.07) is 22.8. The van der Waals surface area contributed by atoms with Crippen LogP contribution in [0.15, 0.2) is 83.3 Å². The van der Waals surface area contributed by atoms with E-state index in [2.05, 4.69) is 44.2 Å². The molecular weight excluding hydrogens is 482 g/mol. The number of anilines is 1. The van der Waals surface area contributed by atoms with Crippen molar-refractivity contribution in [3.8, 4) is 11.8 Å². The standard InChI is InChI=1S/C34H35N3O2/c1-5-24-11-13-26(14-12-24)37-30-7-6-8-31(38)33(30)32(29(19-35)34(37)36)28-18-25(22(3)17-23(28)4)20-39-27-15-9-21(2)10-16-27/h9-18,32H,5-8,20,36H2,1-4H3. The molecule has 0 amide bonds. The molecular formula is C34H35N3O2. The quantitative estimate of drug-likeness (QED) is 0.379. The Balaban J connectivity index is 1.61. The molecule has 5 nitrogen and oxygen atoms in total. The average molecular weight is 518 g/mol. The molecule has 39 heavy (non-hydrogen) atoms. The van der Waals surface area contributed by atoms with Gasteiger partial charge in [0.25, 0.3) is 0 Å². The molecule has 5 heteroatoms. The Hall–Kier alpha value is -4.30. The summed E-state index contributed by atoms with van der Waals surface area (Å²) >= 11 is 0. The van der Waals surface area contributed by atoms with Crippen molar-refractivity contribution in [1.82, 2.24) is 0 Å². The number of ketones is 1. The van der Waals surface area contributed by atoms with Crippen LogP contribution in [0.25, 0.3) is 0 Å². The SMILES string of the molecule is CCc1ccc(N2C(N)=C(C#N)C(c3cc(COc4ccc(C)cc4)c(C)cc3C)C3=C2CCCC3=O)cc1. The first-order chi connectivity index (χ1) is 18.8. The van der Waals surface area contributed by atoms with Crippen LogP contribution in [-0.4, -0.2) is 5.78 Å². The summed E-state index contributed by atoms with van der Waals surface area (Å²) in [4.78, 5) is 15.5. The van der Waals surface area contributed by atoms with Gasteiger partial charge in [-0.15, -0.1) is 0 Å². The number of allylic oxidation sites excluding steroid dienone is 3. The lowest BCUT2D eigenvalue weighted by Crippen LogP contribution is -2.39. The number of Topliss-reactive ketones (excluding diaryl/α,β-unsaturated/α-hetero) is 1. The lowest BCUT2D eigenvalue weighted by molar-refractivity contribution is -0.116. The van der Waals surface area contributed by atoms with Crippen molar-refractivity contribution in [2.24, 2.45) is 5.73 Å². The van der Waals surface area contributed by atoms with E-state index in [9.17, 15) is 10.1 Å². The van der Waals surface area contributed by atoms with Crippen molar-refractivity contribution >= 4 is 11.5 Å². The molecule has 2 N–H and O–H groups in total. The number of rotatable bonds is 6. The maximum atomic E-state index is 13.6. The van der Waals surface area contributed by atoms with Gasteiger partial charge in [0.1, 0.15) is 18.2 Å². The van der Waals surface area contributed by atoms with E-state index in [0.717, 1.165) is 58.7 Å². The number of hydrogen-bond acceptors (Lipinski definition) is 5. The van der Waals surface area contributed by atoms with Crippen LogP contribution in [0, 0.1) is 32.1 Å². The third-order valence-corrected chi connectivity index (χ3v) is 7.97. The Kier molecular flexibility index (Phi) is 7.30. The number of carbonyl (C=O) groups is 1. The van der Waals surface area contributed by atoms with Crippen molar-refractivity contribution in [1.29, 1.82) is 5.26 Å². The number of benzene rings is 3. The van der Waals surface area contributed by atoms with E-state index in [1.165, 1.54) is 11.1 Å². The summed E-state index contributed by atoms with van der Waals surface area (Å²) in [6.45, 7) is 8.67. The molecule has 0 saturated carbocycles. The Morgan fingerprint density at radius 3 is 2.38 bits per heavy atom. The van der Waals surface area contributed by atoms with Crippen LogP contribution in [0.3, 0.4) is 0 Å². The minimum absolute atomic E-state index is 0.0918. The second kappa shape index (κ2) is 10.8. The highest BCUT2D eigenvalue weighted by atomic mass is 16.5. The minimum atomic E-state index is -0.498. The Morgan fingerprint density at radius 1 is 1.00 bits per heavy atom. The number of nitrogens with zero attached hydrogens (tertiary/aromatic N) is 2. The maximum Gasteiger partial charge on any atom is 0.161 e. The minimum Gasteiger partial charge on any atom is -0.489 e. The molecule has 0 saturated heterocycles. The maximum absolute atomic E-state index is 13.6. The van der Waals surface area contributed by atoms with Gasteiger partial charge in [0.15, 0.2) is 5.78 Å². The fourth-order valence-corrected chi connectivity index (χ4v) is 5.75. The van der Waals surface area contributed by atoms with Crippen molar-refractivity contribution in [3.63, 3.8) is 0 Å². The van der Waals surface area contributed by atoms with Gasteiger partial charge in [0, 0.05) is 23.4 Å². The van der Waals surface area contributed by atoms with Crippen molar-refractivity contribution in [2.45, 2.75) is 65.9 Å². The molecule has 3 aromatic carbocycles. The molecule has 5 rings (SSSR count). The zero-order valence-electron chi connectivity index (χ0n) is 23.2.